The standard InChI is InChI=1S/C11H21NO4/c1-3-12(8-5-9-13)10(14)6-7-11(15)16-4-2/h13H,3-9H2,1-2H3. The summed E-state index contributed by atoms with van der Waals surface area (Å²) in [5.74, 6) is -0.405. The molecule has 0 spiro atoms. The minimum atomic E-state index is -0.339. The summed E-state index contributed by atoms with van der Waals surface area (Å²) >= 11 is 0. The van der Waals surface area contributed by atoms with E-state index < -0.39 is 0 Å². The van der Waals surface area contributed by atoms with Crippen molar-refractivity contribution in [2.45, 2.75) is 33.1 Å². The van der Waals surface area contributed by atoms with Crippen molar-refractivity contribution in [2.24, 2.45) is 0 Å². The zero-order valence-corrected chi connectivity index (χ0v) is 10.1. The predicted octanol–water partition coefficient (Wildman–Crippen LogP) is 0.561. The lowest BCUT2D eigenvalue weighted by Crippen LogP contribution is -2.32. The first-order valence-corrected chi connectivity index (χ1v) is 5.69. The van der Waals surface area contributed by atoms with Crippen LogP contribution in [0.3, 0.4) is 0 Å². The van der Waals surface area contributed by atoms with Gasteiger partial charge in [0, 0.05) is 26.1 Å². The van der Waals surface area contributed by atoms with Crippen molar-refractivity contribution < 1.29 is 19.4 Å². The Labute approximate surface area is 96.4 Å². The molecular weight excluding hydrogens is 210 g/mol. The van der Waals surface area contributed by atoms with Crippen molar-refractivity contribution in [1.29, 1.82) is 0 Å². The smallest absolute Gasteiger partial charge is 0.306 e. The van der Waals surface area contributed by atoms with Gasteiger partial charge >= 0.3 is 5.97 Å². The van der Waals surface area contributed by atoms with Crippen LogP contribution in [0.15, 0.2) is 0 Å². The summed E-state index contributed by atoms with van der Waals surface area (Å²) in [6, 6.07) is 0. The Morgan fingerprint density at radius 3 is 2.44 bits per heavy atom. The highest BCUT2D eigenvalue weighted by atomic mass is 16.5. The summed E-state index contributed by atoms with van der Waals surface area (Å²) in [6.45, 7) is 5.16. The van der Waals surface area contributed by atoms with E-state index in [0.29, 0.717) is 26.1 Å². The Bertz CT molecular complexity index is 218. The van der Waals surface area contributed by atoms with E-state index in [1.807, 2.05) is 6.92 Å². The van der Waals surface area contributed by atoms with Crippen molar-refractivity contribution in [3.05, 3.63) is 0 Å². The maximum atomic E-state index is 11.6. The molecule has 5 nitrogen and oxygen atoms in total. The second-order valence-electron chi connectivity index (χ2n) is 3.36. The molecular formula is C11H21NO4. The number of carbonyl (C=O) groups is 2. The number of hydrogen-bond donors (Lipinski definition) is 1. The normalized spacial score (nSPS) is 9.94. The number of hydrogen-bond acceptors (Lipinski definition) is 4. The predicted molar refractivity (Wildman–Crippen MR) is 59.8 cm³/mol. The molecule has 0 aliphatic rings. The van der Waals surface area contributed by atoms with Gasteiger partial charge in [-0.2, -0.15) is 0 Å². The molecule has 0 aliphatic carbocycles. The van der Waals surface area contributed by atoms with Crippen molar-refractivity contribution in [3.8, 4) is 0 Å². The monoisotopic (exact) mass is 231 g/mol. The molecule has 16 heavy (non-hydrogen) atoms. The molecule has 0 saturated carbocycles. The fourth-order valence-electron chi connectivity index (χ4n) is 1.32. The number of aliphatic hydroxyl groups excluding tert-OH is 1. The Hall–Kier alpha value is -1.10. The summed E-state index contributed by atoms with van der Waals surface area (Å²) in [4.78, 5) is 24.3. The maximum Gasteiger partial charge on any atom is 0.306 e. The summed E-state index contributed by atoms with van der Waals surface area (Å²) in [5, 5.41) is 8.67. The highest BCUT2D eigenvalue weighted by Crippen LogP contribution is 2.00. The third-order valence-electron chi connectivity index (χ3n) is 2.17. The van der Waals surface area contributed by atoms with Crippen LogP contribution in [0.1, 0.15) is 33.1 Å². The quantitative estimate of drug-likeness (QED) is 0.620. The molecule has 0 rings (SSSR count). The van der Waals surface area contributed by atoms with Crippen LogP contribution in [0.25, 0.3) is 0 Å². The second-order valence-corrected chi connectivity index (χ2v) is 3.36. The van der Waals surface area contributed by atoms with Crippen LogP contribution in [-0.2, 0) is 14.3 Å². The Morgan fingerprint density at radius 2 is 1.94 bits per heavy atom. The maximum absolute atomic E-state index is 11.6. The number of nitrogens with zero attached hydrogens (tertiary/aromatic N) is 1. The molecule has 0 atom stereocenters. The van der Waals surface area contributed by atoms with E-state index in [4.69, 9.17) is 9.84 Å². The van der Waals surface area contributed by atoms with Crippen LogP contribution < -0.4 is 0 Å². The van der Waals surface area contributed by atoms with E-state index in [-0.39, 0.29) is 31.3 Å². The lowest BCUT2D eigenvalue weighted by atomic mass is 10.2. The summed E-state index contributed by atoms with van der Waals surface area (Å²) in [6.07, 6.45) is 0.874. The first-order valence-electron chi connectivity index (χ1n) is 5.69. The van der Waals surface area contributed by atoms with Gasteiger partial charge in [-0.3, -0.25) is 9.59 Å². The zero-order chi connectivity index (χ0) is 12.4. The van der Waals surface area contributed by atoms with Crippen LogP contribution in [0.2, 0.25) is 0 Å². The van der Waals surface area contributed by atoms with Gasteiger partial charge in [-0.15, -0.1) is 0 Å². The van der Waals surface area contributed by atoms with Crippen molar-refractivity contribution in [3.63, 3.8) is 0 Å². The summed E-state index contributed by atoms with van der Waals surface area (Å²) in [7, 11) is 0. The average molecular weight is 231 g/mol. The number of amides is 1. The van der Waals surface area contributed by atoms with Crippen LogP contribution in [-0.4, -0.2) is 48.2 Å². The number of carbonyl (C=O) groups excluding carboxylic acids is 2. The number of aliphatic hydroxyl groups is 1. The third kappa shape index (κ3) is 6.40. The molecule has 0 aliphatic heterocycles. The molecule has 1 N–H and O–H groups in total. The zero-order valence-electron chi connectivity index (χ0n) is 10.1. The van der Waals surface area contributed by atoms with Gasteiger partial charge in [0.1, 0.15) is 0 Å². The van der Waals surface area contributed by atoms with Gasteiger partial charge in [0.05, 0.1) is 13.0 Å². The summed E-state index contributed by atoms with van der Waals surface area (Å²) < 4.78 is 4.74. The number of rotatable bonds is 8. The molecule has 0 bridgehead atoms. The van der Waals surface area contributed by atoms with Crippen molar-refractivity contribution >= 4 is 11.9 Å². The molecule has 0 radical (unpaired) electrons. The molecule has 0 saturated heterocycles. The number of ether oxygens (including phenoxy) is 1. The lowest BCUT2D eigenvalue weighted by molar-refractivity contribution is -0.145. The van der Waals surface area contributed by atoms with Crippen molar-refractivity contribution in [1.82, 2.24) is 4.90 Å². The molecule has 0 aromatic carbocycles. The molecule has 0 fully saturated rings. The second kappa shape index (κ2) is 9.15. The minimum absolute atomic E-state index is 0.0657. The Balaban J connectivity index is 3.87. The van der Waals surface area contributed by atoms with Crippen molar-refractivity contribution in [2.75, 3.05) is 26.3 Å². The largest absolute Gasteiger partial charge is 0.466 e. The van der Waals surface area contributed by atoms with Crippen LogP contribution in [0.4, 0.5) is 0 Å². The van der Waals surface area contributed by atoms with E-state index >= 15 is 0 Å². The fourth-order valence-corrected chi connectivity index (χ4v) is 1.32. The van der Waals surface area contributed by atoms with E-state index in [2.05, 4.69) is 0 Å². The van der Waals surface area contributed by atoms with E-state index in [9.17, 15) is 9.59 Å². The van der Waals surface area contributed by atoms with Crippen LogP contribution in [0, 0.1) is 0 Å². The van der Waals surface area contributed by atoms with Crippen LogP contribution >= 0.6 is 0 Å². The highest BCUT2D eigenvalue weighted by Gasteiger charge is 2.13. The molecule has 0 unspecified atom stereocenters. The first kappa shape index (κ1) is 14.9. The molecule has 0 aromatic rings. The summed E-state index contributed by atoms with van der Waals surface area (Å²) in [5.41, 5.74) is 0. The topological polar surface area (TPSA) is 66.8 Å². The minimum Gasteiger partial charge on any atom is -0.466 e. The lowest BCUT2D eigenvalue weighted by Gasteiger charge is -2.20. The first-order chi connectivity index (χ1) is 7.65. The molecule has 94 valence electrons. The third-order valence-corrected chi connectivity index (χ3v) is 2.17. The van der Waals surface area contributed by atoms with E-state index in [1.54, 1.807) is 11.8 Å². The van der Waals surface area contributed by atoms with Gasteiger partial charge in [-0.05, 0) is 20.3 Å². The van der Waals surface area contributed by atoms with Gasteiger partial charge in [-0.1, -0.05) is 0 Å². The van der Waals surface area contributed by atoms with Crippen LogP contribution in [0.5, 0.6) is 0 Å². The van der Waals surface area contributed by atoms with Gasteiger partial charge in [0.15, 0.2) is 0 Å². The molecule has 1 amide bonds. The average Bonchev–Trinajstić information content (AvgIpc) is 2.28. The van der Waals surface area contributed by atoms with Gasteiger partial charge in [0.2, 0.25) is 5.91 Å². The van der Waals surface area contributed by atoms with E-state index in [1.165, 1.54) is 0 Å². The Morgan fingerprint density at radius 1 is 1.25 bits per heavy atom. The van der Waals surface area contributed by atoms with Gasteiger partial charge < -0.3 is 14.7 Å². The molecule has 5 heteroatoms. The molecule has 0 heterocycles. The Kier molecular flexibility index (Phi) is 8.52. The van der Waals surface area contributed by atoms with Gasteiger partial charge in [-0.25, -0.2) is 0 Å². The number of esters is 1. The fraction of sp³-hybridized carbons (Fsp3) is 0.818. The van der Waals surface area contributed by atoms with E-state index in [0.717, 1.165) is 0 Å². The van der Waals surface area contributed by atoms with Gasteiger partial charge in [0.25, 0.3) is 0 Å². The SMILES string of the molecule is CCOC(=O)CCC(=O)N(CC)CCCO. The highest BCUT2D eigenvalue weighted by molar-refractivity contribution is 5.81. The molecule has 0 aromatic heterocycles.